The molecule has 1 heterocycles. The fourth-order valence-electron chi connectivity index (χ4n) is 4.56. The minimum atomic E-state index is -0.189. The topological polar surface area (TPSA) is 41.9 Å². The summed E-state index contributed by atoms with van der Waals surface area (Å²) in [5.74, 6) is 1.80. The number of likely N-dealkylation sites (tertiary alicyclic amines) is 1. The maximum atomic E-state index is 10.8. The monoisotopic (exact) mass is 299 g/mol. The Bertz CT molecular complexity index is 707. The molecule has 4 rings (SSSR count). The zero-order chi connectivity index (χ0) is 15.5. The van der Waals surface area contributed by atoms with Gasteiger partial charge in [0.2, 0.25) is 0 Å². The Balaban J connectivity index is 1.97. The van der Waals surface area contributed by atoms with Gasteiger partial charge in [0.25, 0.3) is 0 Å². The van der Waals surface area contributed by atoms with Crippen molar-refractivity contribution in [1.29, 1.82) is 0 Å². The molecule has 2 atom stereocenters. The highest BCUT2D eigenvalue weighted by molar-refractivity contribution is 5.63. The number of allylic oxidation sites excluding steroid dienone is 3. The van der Waals surface area contributed by atoms with Crippen molar-refractivity contribution in [2.75, 3.05) is 27.8 Å². The van der Waals surface area contributed by atoms with Gasteiger partial charge in [0.15, 0.2) is 11.5 Å². The molecule has 22 heavy (non-hydrogen) atoms. The lowest BCUT2D eigenvalue weighted by atomic mass is 9.64. The van der Waals surface area contributed by atoms with E-state index in [9.17, 15) is 5.11 Å². The second-order valence-corrected chi connectivity index (χ2v) is 6.50. The Kier molecular flexibility index (Phi) is 2.82. The minimum absolute atomic E-state index is 0.189. The van der Waals surface area contributed by atoms with E-state index in [1.54, 1.807) is 14.2 Å². The Hall–Kier alpha value is -1.94. The van der Waals surface area contributed by atoms with Gasteiger partial charge >= 0.3 is 0 Å². The van der Waals surface area contributed by atoms with Gasteiger partial charge in [0.1, 0.15) is 0 Å². The van der Waals surface area contributed by atoms with Crippen molar-refractivity contribution in [3.05, 3.63) is 46.7 Å². The number of hydrogen-bond donors (Lipinski definition) is 1. The molecule has 0 spiro atoms. The molecule has 4 nitrogen and oxygen atoms in total. The standard InChI is InChI=1S/C18H21NO3/c1-19-10-18-9-12(21-2)5-6-13(18)14(19)8-11-4-7-15(22-3)17(20)16(11)18/h4-7,14,20H,8-10H2,1-3H3. The van der Waals surface area contributed by atoms with Crippen molar-refractivity contribution in [1.82, 2.24) is 4.90 Å². The van der Waals surface area contributed by atoms with E-state index >= 15 is 0 Å². The fraction of sp³-hybridized carbons (Fsp3) is 0.444. The van der Waals surface area contributed by atoms with Gasteiger partial charge in [-0.25, -0.2) is 0 Å². The van der Waals surface area contributed by atoms with Crippen LogP contribution in [-0.4, -0.2) is 43.9 Å². The second kappa shape index (κ2) is 4.53. The number of phenolic OH excluding ortho intramolecular Hbond substituents is 1. The molecule has 0 radical (unpaired) electrons. The third kappa shape index (κ3) is 1.56. The Morgan fingerprint density at radius 3 is 2.77 bits per heavy atom. The summed E-state index contributed by atoms with van der Waals surface area (Å²) < 4.78 is 10.9. The molecule has 116 valence electrons. The maximum Gasteiger partial charge on any atom is 0.162 e. The predicted octanol–water partition coefficient (Wildman–Crippen LogP) is 2.37. The maximum absolute atomic E-state index is 10.8. The first kappa shape index (κ1) is 13.7. The van der Waals surface area contributed by atoms with Gasteiger partial charge < -0.3 is 14.6 Å². The third-order valence-corrected chi connectivity index (χ3v) is 5.49. The molecule has 2 unspecified atom stereocenters. The van der Waals surface area contributed by atoms with Gasteiger partial charge in [0, 0.05) is 30.0 Å². The molecule has 1 aromatic carbocycles. The molecule has 2 bridgehead atoms. The van der Waals surface area contributed by atoms with E-state index in [2.05, 4.69) is 30.2 Å². The van der Waals surface area contributed by atoms with Crippen LogP contribution in [0.1, 0.15) is 17.5 Å². The summed E-state index contributed by atoms with van der Waals surface area (Å²) in [6, 6.07) is 4.38. The van der Waals surface area contributed by atoms with Crippen LogP contribution in [0.25, 0.3) is 0 Å². The van der Waals surface area contributed by atoms with E-state index in [0.29, 0.717) is 11.8 Å². The van der Waals surface area contributed by atoms with Crippen LogP contribution in [-0.2, 0) is 16.6 Å². The Labute approximate surface area is 130 Å². The van der Waals surface area contributed by atoms with Crippen molar-refractivity contribution in [2.45, 2.75) is 24.3 Å². The van der Waals surface area contributed by atoms with Gasteiger partial charge in [0.05, 0.1) is 20.0 Å². The van der Waals surface area contributed by atoms with Crippen LogP contribution in [0.5, 0.6) is 11.5 Å². The second-order valence-electron chi connectivity index (χ2n) is 6.50. The fourth-order valence-corrected chi connectivity index (χ4v) is 4.56. The van der Waals surface area contributed by atoms with E-state index in [1.807, 2.05) is 6.07 Å². The van der Waals surface area contributed by atoms with E-state index in [0.717, 1.165) is 30.7 Å². The average molecular weight is 299 g/mol. The number of benzene rings is 1. The molecule has 1 aliphatic heterocycles. The number of nitrogens with zero attached hydrogens (tertiary/aromatic N) is 1. The van der Waals surface area contributed by atoms with Gasteiger partial charge in [-0.3, -0.25) is 4.90 Å². The predicted molar refractivity (Wildman–Crippen MR) is 84.3 cm³/mol. The van der Waals surface area contributed by atoms with Gasteiger partial charge in [-0.1, -0.05) is 12.1 Å². The average Bonchev–Trinajstić information content (AvgIpc) is 2.72. The normalized spacial score (nSPS) is 29.3. The molecule has 2 aliphatic carbocycles. The summed E-state index contributed by atoms with van der Waals surface area (Å²) in [6.07, 6.45) is 6.00. The zero-order valence-electron chi connectivity index (χ0n) is 13.2. The van der Waals surface area contributed by atoms with Crippen LogP contribution in [0, 0.1) is 0 Å². The summed E-state index contributed by atoms with van der Waals surface area (Å²) >= 11 is 0. The highest BCUT2D eigenvalue weighted by Gasteiger charge is 2.55. The molecular weight excluding hydrogens is 278 g/mol. The van der Waals surface area contributed by atoms with Crippen LogP contribution >= 0.6 is 0 Å². The Morgan fingerprint density at radius 2 is 2.05 bits per heavy atom. The first-order valence-corrected chi connectivity index (χ1v) is 7.65. The number of methoxy groups -OCH3 is 2. The van der Waals surface area contributed by atoms with Crippen molar-refractivity contribution in [3.8, 4) is 11.5 Å². The largest absolute Gasteiger partial charge is 0.504 e. The summed E-state index contributed by atoms with van der Waals surface area (Å²) in [5, 5.41) is 10.8. The van der Waals surface area contributed by atoms with Gasteiger partial charge in [-0.2, -0.15) is 0 Å². The van der Waals surface area contributed by atoms with Crippen LogP contribution < -0.4 is 4.74 Å². The summed E-state index contributed by atoms with van der Waals surface area (Å²) in [7, 11) is 5.48. The molecule has 1 aromatic rings. The third-order valence-electron chi connectivity index (χ3n) is 5.49. The minimum Gasteiger partial charge on any atom is -0.504 e. The van der Waals surface area contributed by atoms with Crippen molar-refractivity contribution >= 4 is 0 Å². The van der Waals surface area contributed by atoms with Crippen molar-refractivity contribution in [2.24, 2.45) is 0 Å². The number of hydrogen-bond acceptors (Lipinski definition) is 4. The molecule has 0 saturated carbocycles. The molecule has 3 aliphatic rings. The molecule has 1 saturated heterocycles. The molecule has 1 N–H and O–H groups in total. The molecule has 4 heteroatoms. The molecule has 1 fully saturated rings. The number of likely N-dealkylation sites (N-methyl/N-ethyl adjacent to an activating group) is 1. The van der Waals surface area contributed by atoms with Crippen molar-refractivity contribution < 1.29 is 14.6 Å². The SMILES string of the molecule is COC1=CC=C2C3Cc4ccc(OC)c(O)c4C2(C1)CN3C. The first-order chi connectivity index (χ1) is 10.6. The quantitative estimate of drug-likeness (QED) is 0.910. The summed E-state index contributed by atoms with van der Waals surface area (Å²) in [5.41, 5.74) is 3.46. The first-order valence-electron chi connectivity index (χ1n) is 7.65. The van der Waals surface area contributed by atoms with E-state index in [-0.39, 0.29) is 11.2 Å². The lowest BCUT2D eigenvalue weighted by Crippen LogP contribution is -2.37. The highest BCUT2D eigenvalue weighted by Crippen LogP contribution is 2.57. The smallest absolute Gasteiger partial charge is 0.162 e. The van der Waals surface area contributed by atoms with E-state index in [1.165, 1.54) is 11.1 Å². The van der Waals surface area contributed by atoms with E-state index < -0.39 is 0 Å². The van der Waals surface area contributed by atoms with Gasteiger partial charge in [-0.05, 0) is 36.7 Å². The number of phenols is 1. The van der Waals surface area contributed by atoms with Crippen LogP contribution in [0.3, 0.4) is 0 Å². The van der Waals surface area contributed by atoms with Gasteiger partial charge in [-0.15, -0.1) is 0 Å². The van der Waals surface area contributed by atoms with E-state index in [4.69, 9.17) is 9.47 Å². The number of fused-ring (bicyclic) bond motifs is 1. The number of aromatic hydroxyl groups is 1. The summed E-state index contributed by atoms with van der Waals surface area (Å²) in [4.78, 5) is 2.39. The molecule has 0 aromatic heterocycles. The lowest BCUT2D eigenvalue weighted by Gasteiger charge is -2.40. The number of ether oxygens (including phenoxy) is 2. The Morgan fingerprint density at radius 1 is 1.23 bits per heavy atom. The molecule has 0 amide bonds. The van der Waals surface area contributed by atoms with Crippen LogP contribution in [0.4, 0.5) is 0 Å². The number of rotatable bonds is 2. The van der Waals surface area contributed by atoms with Crippen molar-refractivity contribution in [3.63, 3.8) is 0 Å². The highest BCUT2D eigenvalue weighted by atomic mass is 16.5. The molecular formula is C18H21NO3. The summed E-state index contributed by atoms with van der Waals surface area (Å²) in [6.45, 7) is 0.901. The van der Waals surface area contributed by atoms with Crippen LogP contribution in [0.2, 0.25) is 0 Å². The van der Waals surface area contributed by atoms with Crippen LogP contribution in [0.15, 0.2) is 35.6 Å². The zero-order valence-corrected chi connectivity index (χ0v) is 13.2. The lowest BCUT2D eigenvalue weighted by molar-refractivity contribution is 0.246.